The van der Waals surface area contributed by atoms with Crippen LogP contribution >= 0.6 is 11.6 Å². The molecule has 1 amide bonds. The number of amides is 1. The van der Waals surface area contributed by atoms with Crippen LogP contribution in [0.25, 0.3) is 5.69 Å². The highest BCUT2D eigenvalue weighted by molar-refractivity contribution is 7.88. The van der Waals surface area contributed by atoms with Crippen molar-refractivity contribution < 1.29 is 30.8 Å². The normalized spacial score (nSPS) is 13.0. The van der Waals surface area contributed by atoms with Gasteiger partial charge >= 0.3 is 6.18 Å². The first kappa shape index (κ1) is 26.6. The molecule has 0 saturated carbocycles. The van der Waals surface area contributed by atoms with Crippen LogP contribution in [0.5, 0.6) is 0 Å². The minimum atomic E-state index is -4.69. The highest BCUT2D eigenvalue weighted by Gasteiger charge is 2.35. The first-order valence-corrected chi connectivity index (χ1v) is 12.4. The Kier molecular flexibility index (Phi) is 7.87. The van der Waals surface area contributed by atoms with Crippen LogP contribution in [0.1, 0.15) is 35.4 Å². The van der Waals surface area contributed by atoms with Gasteiger partial charge in [-0.05, 0) is 48.9 Å². The standard InChI is InChI=1S/C22H21ClF4N4O3S/c1-13(14-3-4-15(19(24)9-14)11-29-35(2,33)34)21(32)28-12-18-10-20(22(25,26)27)30-31(18)17-7-5-16(23)6-8-17/h3-10,13,29H,11-12H2,1-2H3,(H,28,32). The molecule has 2 N–H and O–H groups in total. The third-order valence-corrected chi connectivity index (χ3v) is 6.00. The fraction of sp³-hybridized carbons (Fsp3) is 0.273. The molecule has 0 aliphatic rings. The lowest BCUT2D eigenvalue weighted by molar-refractivity contribution is -0.141. The zero-order valence-corrected chi connectivity index (χ0v) is 20.1. The summed E-state index contributed by atoms with van der Waals surface area (Å²) in [5.41, 5.74) is -0.315. The monoisotopic (exact) mass is 532 g/mol. The van der Waals surface area contributed by atoms with Crippen molar-refractivity contribution in [1.29, 1.82) is 0 Å². The second kappa shape index (κ2) is 10.3. The Labute approximate surface area is 204 Å². The van der Waals surface area contributed by atoms with Crippen molar-refractivity contribution in [3.8, 4) is 5.69 Å². The van der Waals surface area contributed by atoms with Crippen LogP contribution < -0.4 is 10.0 Å². The van der Waals surface area contributed by atoms with Gasteiger partial charge in [-0.2, -0.15) is 18.3 Å². The molecular formula is C22H21ClF4N4O3S. The Hall–Kier alpha value is -2.96. The predicted molar refractivity (Wildman–Crippen MR) is 122 cm³/mol. The highest BCUT2D eigenvalue weighted by atomic mass is 35.5. The lowest BCUT2D eigenvalue weighted by Gasteiger charge is -2.15. The van der Waals surface area contributed by atoms with Crippen molar-refractivity contribution in [2.24, 2.45) is 0 Å². The van der Waals surface area contributed by atoms with Crippen LogP contribution in [0.4, 0.5) is 17.6 Å². The smallest absolute Gasteiger partial charge is 0.350 e. The Morgan fingerprint density at radius 1 is 1.11 bits per heavy atom. The van der Waals surface area contributed by atoms with Crippen LogP contribution in [0.15, 0.2) is 48.5 Å². The molecule has 3 aromatic rings. The number of hydrogen-bond donors (Lipinski definition) is 2. The lowest BCUT2D eigenvalue weighted by Crippen LogP contribution is -2.28. The molecule has 35 heavy (non-hydrogen) atoms. The van der Waals surface area contributed by atoms with Gasteiger partial charge in [-0.1, -0.05) is 23.7 Å². The zero-order valence-electron chi connectivity index (χ0n) is 18.5. The van der Waals surface area contributed by atoms with Crippen molar-refractivity contribution >= 4 is 27.5 Å². The first-order chi connectivity index (χ1) is 16.2. The van der Waals surface area contributed by atoms with Gasteiger partial charge in [0.25, 0.3) is 0 Å². The summed E-state index contributed by atoms with van der Waals surface area (Å²) in [5.74, 6) is -2.09. The molecule has 0 spiro atoms. The van der Waals surface area contributed by atoms with Gasteiger partial charge in [-0.15, -0.1) is 0 Å². The average molecular weight is 533 g/mol. The van der Waals surface area contributed by atoms with Crippen LogP contribution in [-0.2, 0) is 34.1 Å². The topological polar surface area (TPSA) is 93.1 Å². The molecule has 2 aromatic carbocycles. The summed E-state index contributed by atoms with van der Waals surface area (Å²) in [6.45, 7) is 0.992. The van der Waals surface area contributed by atoms with Gasteiger partial charge in [0.15, 0.2) is 5.69 Å². The number of carbonyl (C=O) groups is 1. The molecule has 0 aliphatic heterocycles. The second-order valence-corrected chi connectivity index (χ2v) is 10.1. The molecule has 0 bridgehead atoms. The van der Waals surface area contributed by atoms with Crippen LogP contribution in [-0.4, -0.2) is 30.4 Å². The molecular weight excluding hydrogens is 512 g/mol. The fourth-order valence-electron chi connectivity index (χ4n) is 3.16. The number of nitrogens with one attached hydrogen (secondary N) is 2. The van der Waals surface area contributed by atoms with E-state index in [-0.39, 0.29) is 24.3 Å². The highest BCUT2D eigenvalue weighted by Crippen LogP contribution is 2.30. The fourth-order valence-corrected chi connectivity index (χ4v) is 3.70. The van der Waals surface area contributed by atoms with Crippen molar-refractivity contribution in [1.82, 2.24) is 19.8 Å². The van der Waals surface area contributed by atoms with E-state index in [4.69, 9.17) is 11.6 Å². The SMILES string of the molecule is CC(C(=O)NCc1cc(C(F)(F)F)nn1-c1ccc(Cl)cc1)c1ccc(CNS(C)(=O)=O)c(F)c1. The van der Waals surface area contributed by atoms with Crippen LogP contribution in [0.2, 0.25) is 5.02 Å². The van der Waals surface area contributed by atoms with E-state index in [1.807, 2.05) is 0 Å². The lowest BCUT2D eigenvalue weighted by atomic mass is 9.98. The maximum Gasteiger partial charge on any atom is 0.435 e. The third kappa shape index (κ3) is 7.03. The summed E-state index contributed by atoms with van der Waals surface area (Å²) in [6, 6.07) is 10.8. The van der Waals surface area contributed by atoms with Crippen molar-refractivity contribution in [3.63, 3.8) is 0 Å². The number of hydrogen-bond acceptors (Lipinski definition) is 4. The Morgan fingerprint density at radius 3 is 2.34 bits per heavy atom. The van der Waals surface area contributed by atoms with E-state index in [1.165, 1.54) is 43.3 Å². The summed E-state index contributed by atoms with van der Waals surface area (Å²) < 4.78 is 79.7. The van der Waals surface area contributed by atoms with Gasteiger partial charge in [0.05, 0.1) is 30.1 Å². The summed E-state index contributed by atoms with van der Waals surface area (Å²) in [6.07, 6.45) is -3.74. The molecule has 1 atom stereocenters. The van der Waals surface area contributed by atoms with Gasteiger partial charge in [0.2, 0.25) is 15.9 Å². The Morgan fingerprint density at radius 2 is 1.77 bits per heavy atom. The molecule has 3 rings (SSSR count). The summed E-state index contributed by atoms with van der Waals surface area (Å²) in [5, 5.41) is 6.57. The zero-order chi connectivity index (χ0) is 26.0. The molecule has 0 saturated heterocycles. The molecule has 13 heteroatoms. The van der Waals surface area contributed by atoms with E-state index in [0.29, 0.717) is 16.3 Å². The van der Waals surface area contributed by atoms with Crippen LogP contribution in [0.3, 0.4) is 0 Å². The molecule has 0 aliphatic carbocycles. The summed E-state index contributed by atoms with van der Waals surface area (Å²) in [7, 11) is -3.51. The van der Waals surface area contributed by atoms with E-state index < -0.39 is 39.5 Å². The predicted octanol–water partition coefficient (Wildman–Crippen LogP) is 4.15. The van der Waals surface area contributed by atoms with E-state index >= 15 is 0 Å². The Bertz CT molecular complexity index is 1330. The number of halogens is 5. The number of carbonyl (C=O) groups excluding carboxylic acids is 1. The van der Waals surface area contributed by atoms with Crippen molar-refractivity contribution in [3.05, 3.63) is 81.9 Å². The van der Waals surface area contributed by atoms with E-state index in [1.54, 1.807) is 0 Å². The maximum atomic E-state index is 14.4. The van der Waals surface area contributed by atoms with Gasteiger partial charge in [0.1, 0.15) is 5.82 Å². The van der Waals surface area contributed by atoms with Gasteiger partial charge in [-0.3, -0.25) is 4.79 Å². The molecule has 188 valence electrons. The Balaban J connectivity index is 1.76. The second-order valence-electron chi connectivity index (χ2n) is 7.79. The van der Waals surface area contributed by atoms with E-state index in [2.05, 4.69) is 15.1 Å². The molecule has 1 aromatic heterocycles. The number of sulfonamides is 1. The number of nitrogens with zero attached hydrogens (tertiary/aromatic N) is 2. The number of alkyl halides is 3. The van der Waals surface area contributed by atoms with Gasteiger partial charge < -0.3 is 5.32 Å². The minimum Gasteiger partial charge on any atom is -0.350 e. The largest absolute Gasteiger partial charge is 0.435 e. The molecule has 1 heterocycles. The quantitative estimate of drug-likeness (QED) is 0.426. The molecule has 0 fully saturated rings. The average Bonchev–Trinajstić information content (AvgIpc) is 3.21. The number of aromatic nitrogens is 2. The first-order valence-electron chi connectivity index (χ1n) is 10.2. The van der Waals surface area contributed by atoms with E-state index in [9.17, 15) is 30.8 Å². The van der Waals surface area contributed by atoms with Gasteiger partial charge in [0, 0.05) is 17.1 Å². The molecule has 7 nitrogen and oxygen atoms in total. The number of benzene rings is 2. The van der Waals surface area contributed by atoms with Crippen molar-refractivity contribution in [2.75, 3.05) is 6.26 Å². The minimum absolute atomic E-state index is 0.0774. The molecule has 0 radical (unpaired) electrons. The number of rotatable bonds is 8. The van der Waals surface area contributed by atoms with Crippen LogP contribution in [0, 0.1) is 5.82 Å². The van der Waals surface area contributed by atoms with E-state index in [0.717, 1.165) is 23.1 Å². The summed E-state index contributed by atoms with van der Waals surface area (Å²) in [4.78, 5) is 12.7. The molecule has 1 unspecified atom stereocenters. The third-order valence-electron chi connectivity index (χ3n) is 5.08. The van der Waals surface area contributed by atoms with Crippen molar-refractivity contribution in [2.45, 2.75) is 32.1 Å². The maximum absolute atomic E-state index is 14.4. The summed E-state index contributed by atoms with van der Waals surface area (Å²) >= 11 is 5.85. The van der Waals surface area contributed by atoms with Gasteiger partial charge in [-0.25, -0.2) is 22.2 Å².